The van der Waals surface area contributed by atoms with Gasteiger partial charge in [0.1, 0.15) is 17.3 Å². The van der Waals surface area contributed by atoms with E-state index in [1.807, 2.05) is 66.7 Å². The van der Waals surface area contributed by atoms with Crippen LogP contribution >= 0.6 is 11.6 Å². The zero-order valence-electron chi connectivity index (χ0n) is 13.1. The van der Waals surface area contributed by atoms with Crippen LogP contribution in [0.4, 0.5) is 0 Å². The summed E-state index contributed by atoms with van der Waals surface area (Å²) in [6.07, 6.45) is 0.889. The van der Waals surface area contributed by atoms with Crippen LogP contribution in [0.25, 0.3) is 0 Å². The van der Waals surface area contributed by atoms with Gasteiger partial charge in [0, 0.05) is 17.9 Å². The third kappa shape index (κ3) is 4.71. The maximum Gasteiger partial charge on any atom is 0.141 e. The van der Waals surface area contributed by atoms with E-state index in [-0.39, 0.29) is 5.78 Å². The van der Waals surface area contributed by atoms with Crippen molar-refractivity contribution in [1.29, 1.82) is 0 Å². The molecule has 0 amide bonds. The smallest absolute Gasteiger partial charge is 0.141 e. The predicted octanol–water partition coefficient (Wildman–Crippen LogP) is 5.49. The summed E-state index contributed by atoms with van der Waals surface area (Å²) >= 11 is 5.85. The van der Waals surface area contributed by atoms with E-state index in [0.29, 0.717) is 17.9 Å². The van der Waals surface area contributed by atoms with Crippen molar-refractivity contribution in [1.82, 2.24) is 0 Å². The molecular formula is C21H17ClO2. The lowest BCUT2D eigenvalue weighted by Crippen LogP contribution is -2.06. The van der Waals surface area contributed by atoms with Gasteiger partial charge in [-0.25, -0.2) is 0 Å². The Morgan fingerprint density at radius 3 is 1.79 bits per heavy atom. The van der Waals surface area contributed by atoms with Gasteiger partial charge in [0.05, 0.1) is 0 Å². The van der Waals surface area contributed by atoms with Crippen molar-refractivity contribution in [2.24, 2.45) is 0 Å². The fraction of sp³-hybridized carbons (Fsp3) is 0.0952. The minimum absolute atomic E-state index is 0.201. The number of halogens is 1. The van der Waals surface area contributed by atoms with E-state index < -0.39 is 0 Å². The first-order valence-electron chi connectivity index (χ1n) is 7.77. The summed E-state index contributed by atoms with van der Waals surface area (Å²) in [6, 6.07) is 24.6. The van der Waals surface area contributed by atoms with Crippen molar-refractivity contribution in [3.8, 4) is 11.5 Å². The first kappa shape index (κ1) is 16.3. The summed E-state index contributed by atoms with van der Waals surface area (Å²) in [6.45, 7) is 0. The number of ketones is 1. The van der Waals surface area contributed by atoms with E-state index >= 15 is 0 Å². The van der Waals surface area contributed by atoms with Gasteiger partial charge in [-0.15, -0.1) is 0 Å². The normalized spacial score (nSPS) is 10.4. The molecule has 0 saturated heterocycles. The maximum absolute atomic E-state index is 12.1. The number of Topliss-reactive ketones (excluding diaryl/α,β-unsaturated/α-hetero) is 1. The second-order valence-electron chi connectivity index (χ2n) is 5.58. The summed E-state index contributed by atoms with van der Waals surface area (Å²) in [4.78, 5) is 12.1. The first-order chi connectivity index (χ1) is 11.7. The summed E-state index contributed by atoms with van der Waals surface area (Å²) in [7, 11) is 0. The molecule has 0 bridgehead atoms. The SMILES string of the molecule is O=C(Cc1ccccc1)Cc1ccc(Oc2ccc(Cl)cc2)cc1. The number of hydrogen-bond acceptors (Lipinski definition) is 2. The molecule has 3 aromatic carbocycles. The van der Waals surface area contributed by atoms with Gasteiger partial charge >= 0.3 is 0 Å². The van der Waals surface area contributed by atoms with Crippen LogP contribution in [0.5, 0.6) is 11.5 Å². The summed E-state index contributed by atoms with van der Waals surface area (Å²) in [5.74, 6) is 1.66. The van der Waals surface area contributed by atoms with E-state index in [2.05, 4.69) is 0 Å². The zero-order chi connectivity index (χ0) is 16.8. The average molecular weight is 337 g/mol. The third-order valence-corrected chi connectivity index (χ3v) is 3.87. The molecule has 0 heterocycles. The minimum atomic E-state index is 0.201. The zero-order valence-corrected chi connectivity index (χ0v) is 13.9. The monoisotopic (exact) mass is 336 g/mol. The molecule has 0 aliphatic carbocycles. The molecule has 0 radical (unpaired) electrons. The first-order valence-corrected chi connectivity index (χ1v) is 8.15. The highest BCUT2D eigenvalue weighted by Crippen LogP contribution is 2.23. The summed E-state index contributed by atoms with van der Waals surface area (Å²) in [5, 5.41) is 0.676. The largest absolute Gasteiger partial charge is 0.457 e. The van der Waals surface area contributed by atoms with Crippen molar-refractivity contribution in [3.05, 3.63) is 95.0 Å². The maximum atomic E-state index is 12.1. The Hall–Kier alpha value is -2.58. The number of rotatable bonds is 6. The van der Waals surface area contributed by atoms with Crippen LogP contribution in [0.15, 0.2) is 78.9 Å². The third-order valence-electron chi connectivity index (χ3n) is 3.62. The van der Waals surface area contributed by atoms with Gasteiger partial charge in [-0.2, -0.15) is 0 Å². The van der Waals surface area contributed by atoms with E-state index in [1.165, 1.54) is 0 Å². The lowest BCUT2D eigenvalue weighted by molar-refractivity contribution is -0.117. The van der Waals surface area contributed by atoms with Crippen LogP contribution in [-0.2, 0) is 17.6 Å². The Balaban J connectivity index is 1.58. The molecule has 0 spiro atoms. The molecule has 24 heavy (non-hydrogen) atoms. The Labute approximate surface area is 146 Å². The van der Waals surface area contributed by atoms with Crippen LogP contribution in [-0.4, -0.2) is 5.78 Å². The highest BCUT2D eigenvalue weighted by atomic mass is 35.5. The van der Waals surface area contributed by atoms with Gasteiger partial charge in [0.15, 0.2) is 0 Å². The van der Waals surface area contributed by atoms with Crippen molar-refractivity contribution in [3.63, 3.8) is 0 Å². The molecule has 0 aliphatic heterocycles. The Bertz CT molecular complexity index is 794. The lowest BCUT2D eigenvalue weighted by Gasteiger charge is -2.07. The van der Waals surface area contributed by atoms with Gasteiger partial charge in [-0.1, -0.05) is 54.1 Å². The highest BCUT2D eigenvalue weighted by molar-refractivity contribution is 6.30. The van der Waals surface area contributed by atoms with Crippen LogP contribution < -0.4 is 4.74 Å². The van der Waals surface area contributed by atoms with Crippen molar-refractivity contribution in [2.75, 3.05) is 0 Å². The second-order valence-corrected chi connectivity index (χ2v) is 6.01. The molecule has 3 aromatic rings. The topological polar surface area (TPSA) is 26.3 Å². The van der Waals surface area contributed by atoms with E-state index in [4.69, 9.17) is 16.3 Å². The fourth-order valence-corrected chi connectivity index (χ4v) is 2.55. The predicted molar refractivity (Wildman–Crippen MR) is 96.8 cm³/mol. The van der Waals surface area contributed by atoms with Crippen molar-refractivity contribution >= 4 is 17.4 Å². The quantitative estimate of drug-likeness (QED) is 0.595. The standard InChI is InChI=1S/C21H17ClO2/c22-18-8-12-21(13-9-18)24-20-10-6-17(7-11-20)15-19(23)14-16-4-2-1-3-5-16/h1-13H,14-15H2. The molecular weight excluding hydrogens is 320 g/mol. The van der Waals surface area contributed by atoms with Gasteiger partial charge in [0.2, 0.25) is 0 Å². The summed E-state index contributed by atoms with van der Waals surface area (Å²) < 4.78 is 5.75. The van der Waals surface area contributed by atoms with Crippen molar-refractivity contribution < 1.29 is 9.53 Å². The van der Waals surface area contributed by atoms with Gasteiger partial charge in [0.25, 0.3) is 0 Å². The van der Waals surface area contributed by atoms with Gasteiger partial charge in [-0.05, 0) is 47.5 Å². The van der Waals surface area contributed by atoms with Gasteiger partial charge < -0.3 is 4.74 Å². The molecule has 0 N–H and O–H groups in total. The number of benzene rings is 3. The molecule has 0 aromatic heterocycles. The van der Waals surface area contributed by atoms with E-state index in [0.717, 1.165) is 22.6 Å². The Morgan fingerprint density at radius 1 is 0.708 bits per heavy atom. The molecule has 0 aliphatic rings. The van der Waals surface area contributed by atoms with E-state index in [9.17, 15) is 4.79 Å². The molecule has 2 nitrogen and oxygen atoms in total. The molecule has 0 fully saturated rings. The van der Waals surface area contributed by atoms with Crippen LogP contribution in [0.2, 0.25) is 5.02 Å². The Morgan fingerprint density at radius 2 is 1.21 bits per heavy atom. The average Bonchev–Trinajstić information content (AvgIpc) is 2.59. The minimum Gasteiger partial charge on any atom is -0.457 e. The van der Waals surface area contributed by atoms with E-state index in [1.54, 1.807) is 12.1 Å². The molecule has 0 saturated carbocycles. The number of carbonyl (C=O) groups is 1. The highest BCUT2D eigenvalue weighted by Gasteiger charge is 2.06. The van der Waals surface area contributed by atoms with Gasteiger partial charge in [-0.3, -0.25) is 4.79 Å². The number of hydrogen-bond donors (Lipinski definition) is 0. The molecule has 3 rings (SSSR count). The summed E-state index contributed by atoms with van der Waals surface area (Å²) in [5.41, 5.74) is 2.03. The molecule has 3 heteroatoms. The lowest BCUT2D eigenvalue weighted by atomic mass is 10.0. The Kier molecular flexibility index (Phi) is 5.29. The molecule has 0 unspecified atom stereocenters. The fourth-order valence-electron chi connectivity index (χ4n) is 2.43. The second kappa shape index (κ2) is 7.80. The van der Waals surface area contributed by atoms with Crippen LogP contribution in [0.3, 0.4) is 0 Å². The number of ether oxygens (including phenoxy) is 1. The van der Waals surface area contributed by atoms with Crippen molar-refractivity contribution in [2.45, 2.75) is 12.8 Å². The molecule has 0 atom stereocenters. The van der Waals surface area contributed by atoms with Crippen LogP contribution in [0.1, 0.15) is 11.1 Å². The number of carbonyl (C=O) groups excluding carboxylic acids is 1. The molecule has 120 valence electrons. The van der Waals surface area contributed by atoms with Crippen LogP contribution in [0, 0.1) is 0 Å².